The van der Waals surface area contributed by atoms with E-state index in [9.17, 15) is 4.79 Å². The molecule has 0 aliphatic carbocycles. The predicted octanol–water partition coefficient (Wildman–Crippen LogP) is 2.42. The maximum Gasteiger partial charge on any atom is 0.236 e. The van der Waals surface area contributed by atoms with Crippen molar-refractivity contribution in [2.24, 2.45) is 0 Å². The summed E-state index contributed by atoms with van der Waals surface area (Å²) in [6.07, 6.45) is 0.904. The third-order valence-electron chi connectivity index (χ3n) is 3.68. The molecule has 0 fully saturated rings. The fourth-order valence-electron chi connectivity index (χ4n) is 2.09. The Morgan fingerprint density at radius 3 is 2.26 bits per heavy atom. The summed E-state index contributed by atoms with van der Waals surface area (Å²) in [5.74, 6) is 0.201. The van der Waals surface area contributed by atoms with Gasteiger partial charge >= 0.3 is 0 Å². The Morgan fingerprint density at radius 2 is 1.74 bits per heavy atom. The van der Waals surface area contributed by atoms with Crippen LogP contribution in [0.3, 0.4) is 0 Å². The van der Waals surface area contributed by atoms with E-state index in [-0.39, 0.29) is 11.9 Å². The molecule has 0 aromatic heterocycles. The molecule has 3 nitrogen and oxygen atoms in total. The van der Waals surface area contributed by atoms with E-state index < -0.39 is 0 Å². The molecule has 0 N–H and O–H groups in total. The summed E-state index contributed by atoms with van der Waals surface area (Å²) in [5, 5.41) is 0. The van der Waals surface area contributed by atoms with Crippen LogP contribution < -0.4 is 0 Å². The van der Waals surface area contributed by atoms with Crippen molar-refractivity contribution < 1.29 is 4.79 Å². The Bertz CT molecular complexity index is 374. The highest BCUT2D eigenvalue weighted by atomic mass is 16.2. The fraction of sp³-hybridized carbons (Fsp3) is 0.562. The zero-order valence-corrected chi connectivity index (χ0v) is 12.6. The monoisotopic (exact) mass is 262 g/mol. The van der Waals surface area contributed by atoms with Crippen LogP contribution in [0.25, 0.3) is 0 Å². The van der Waals surface area contributed by atoms with Crippen LogP contribution >= 0.6 is 0 Å². The summed E-state index contributed by atoms with van der Waals surface area (Å²) >= 11 is 0. The summed E-state index contributed by atoms with van der Waals surface area (Å²) in [7, 11) is 1.90. The molecule has 1 aromatic carbocycles. The molecule has 0 aliphatic rings. The van der Waals surface area contributed by atoms with Gasteiger partial charge in [0.05, 0.1) is 6.54 Å². The molecule has 19 heavy (non-hydrogen) atoms. The molecule has 1 unspecified atom stereocenters. The van der Waals surface area contributed by atoms with Gasteiger partial charge in [-0.05, 0) is 32.0 Å². The minimum Gasteiger partial charge on any atom is -0.342 e. The second-order valence-corrected chi connectivity index (χ2v) is 5.00. The molecule has 0 saturated heterocycles. The minimum atomic E-state index is 0.201. The van der Waals surface area contributed by atoms with Crippen molar-refractivity contribution in [3.63, 3.8) is 0 Å². The fourth-order valence-corrected chi connectivity index (χ4v) is 2.09. The van der Waals surface area contributed by atoms with Crippen molar-refractivity contribution in [2.75, 3.05) is 26.7 Å². The maximum atomic E-state index is 12.2. The quantitative estimate of drug-likeness (QED) is 0.753. The SMILES string of the molecule is CCN(CC)CC(=O)N(C)C(C)Cc1ccccc1. The van der Waals surface area contributed by atoms with Crippen LogP contribution in [0.4, 0.5) is 0 Å². The van der Waals surface area contributed by atoms with Gasteiger partial charge in [0.25, 0.3) is 0 Å². The number of carbonyl (C=O) groups is 1. The van der Waals surface area contributed by atoms with E-state index in [0.29, 0.717) is 6.54 Å². The smallest absolute Gasteiger partial charge is 0.236 e. The molecule has 1 amide bonds. The molecule has 0 spiro atoms. The third kappa shape index (κ3) is 5.03. The Kier molecular flexibility index (Phi) is 6.57. The van der Waals surface area contributed by atoms with Gasteiger partial charge in [-0.2, -0.15) is 0 Å². The lowest BCUT2D eigenvalue weighted by molar-refractivity contribution is -0.132. The Balaban J connectivity index is 2.52. The number of benzene rings is 1. The lowest BCUT2D eigenvalue weighted by Gasteiger charge is -2.28. The van der Waals surface area contributed by atoms with Gasteiger partial charge in [-0.15, -0.1) is 0 Å². The van der Waals surface area contributed by atoms with Crippen molar-refractivity contribution in [3.05, 3.63) is 35.9 Å². The van der Waals surface area contributed by atoms with Crippen LogP contribution in [-0.4, -0.2) is 48.4 Å². The summed E-state index contributed by atoms with van der Waals surface area (Å²) in [6, 6.07) is 10.5. The molecule has 106 valence electrons. The number of nitrogens with zero attached hydrogens (tertiary/aromatic N) is 2. The van der Waals surface area contributed by atoms with Crippen LogP contribution in [0.1, 0.15) is 26.3 Å². The molecule has 1 rings (SSSR count). The standard InChI is InChI=1S/C16H26N2O/c1-5-18(6-2)13-16(19)17(4)14(3)12-15-10-8-7-9-11-15/h7-11,14H,5-6,12-13H2,1-4H3. The van der Waals surface area contributed by atoms with Gasteiger partial charge < -0.3 is 4.90 Å². The number of hydrogen-bond donors (Lipinski definition) is 0. The van der Waals surface area contributed by atoms with Crippen molar-refractivity contribution >= 4 is 5.91 Å². The van der Waals surface area contributed by atoms with E-state index in [2.05, 4.69) is 37.8 Å². The first-order chi connectivity index (χ1) is 9.08. The van der Waals surface area contributed by atoms with E-state index in [1.54, 1.807) is 0 Å². The third-order valence-corrected chi connectivity index (χ3v) is 3.68. The Labute approximate surface area is 117 Å². The largest absolute Gasteiger partial charge is 0.342 e. The molecule has 0 aliphatic heterocycles. The van der Waals surface area contributed by atoms with Gasteiger partial charge in [-0.25, -0.2) is 0 Å². The van der Waals surface area contributed by atoms with Crippen molar-refractivity contribution in [3.8, 4) is 0 Å². The summed E-state index contributed by atoms with van der Waals surface area (Å²) in [5.41, 5.74) is 1.28. The normalized spacial score (nSPS) is 12.5. The molecular formula is C16H26N2O. The first-order valence-electron chi connectivity index (χ1n) is 7.10. The average Bonchev–Trinajstić information content (AvgIpc) is 2.44. The molecule has 0 heterocycles. The van der Waals surface area contributed by atoms with E-state index in [1.165, 1.54) is 5.56 Å². The van der Waals surface area contributed by atoms with Gasteiger partial charge in [0, 0.05) is 13.1 Å². The molecule has 0 bridgehead atoms. The highest BCUT2D eigenvalue weighted by molar-refractivity contribution is 5.78. The molecule has 0 saturated carbocycles. The highest BCUT2D eigenvalue weighted by Crippen LogP contribution is 2.08. The summed E-state index contributed by atoms with van der Waals surface area (Å²) in [4.78, 5) is 16.2. The van der Waals surface area contributed by atoms with Crippen molar-refractivity contribution in [2.45, 2.75) is 33.2 Å². The number of rotatable bonds is 7. The van der Waals surface area contributed by atoms with Crippen LogP contribution in [0, 0.1) is 0 Å². The lowest BCUT2D eigenvalue weighted by atomic mass is 10.1. The molecule has 1 atom stereocenters. The number of hydrogen-bond acceptors (Lipinski definition) is 2. The number of likely N-dealkylation sites (N-methyl/N-ethyl adjacent to an activating group) is 2. The molecular weight excluding hydrogens is 236 g/mol. The highest BCUT2D eigenvalue weighted by Gasteiger charge is 2.17. The van der Waals surface area contributed by atoms with Gasteiger partial charge in [0.15, 0.2) is 0 Å². The van der Waals surface area contributed by atoms with Crippen molar-refractivity contribution in [1.29, 1.82) is 0 Å². The molecule has 1 aromatic rings. The Hall–Kier alpha value is -1.35. The lowest BCUT2D eigenvalue weighted by Crippen LogP contribution is -2.43. The first kappa shape index (κ1) is 15.7. The number of carbonyl (C=O) groups excluding carboxylic acids is 1. The topological polar surface area (TPSA) is 23.6 Å². The van der Waals surface area contributed by atoms with E-state index in [0.717, 1.165) is 19.5 Å². The Morgan fingerprint density at radius 1 is 1.16 bits per heavy atom. The molecule has 3 heteroatoms. The summed E-state index contributed by atoms with van der Waals surface area (Å²) in [6.45, 7) is 8.64. The summed E-state index contributed by atoms with van der Waals surface area (Å²) < 4.78 is 0. The van der Waals surface area contributed by atoms with Crippen LogP contribution in [0.5, 0.6) is 0 Å². The zero-order chi connectivity index (χ0) is 14.3. The van der Waals surface area contributed by atoms with E-state index in [1.807, 2.05) is 30.1 Å². The number of amides is 1. The minimum absolute atomic E-state index is 0.201. The van der Waals surface area contributed by atoms with E-state index >= 15 is 0 Å². The van der Waals surface area contributed by atoms with Gasteiger partial charge in [-0.1, -0.05) is 44.2 Å². The predicted molar refractivity (Wildman–Crippen MR) is 80.2 cm³/mol. The zero-order valence-electron chi connectivity index (χ0n) is 12.6. The van der Waals surface area contributed by atoms with Crippen LogP contribution in [-0.2, 0) is 11.2 Å². The molecule has 0 radical (unpaired) electrons. The second kappa shape index (κ2) is 7.95. The second-order valence-electron chi connectivity index (χ2n) is 5.00. The maximum absolute atomic E-state index is 12.2. The van der Waals surface area contributed by atoms with Gasteiger partial charge in [0.2, 0.25) is 5.91 Å². The van der Waals surface area contributed by atoms with E-state index in [4.69, 9.17) is 0 Å². The van der Waals surface area contributed by atoms with Crippen LogP contribution in [0.15, 0.2) is 30.3 Å². The van der Waals surface area contributed by atoms with Gasteiger partial charge in [0.1, 0.15) is 0 Å². The van der Waals surface area contributed by atoms with Gasteiger partial charge in [-0.3, -0.25) is 9.69 Å². The average molecular weight is 262 g/mol. The van der Waals surface area contributed by atoms with Crippen LogP contribution in [0.2, 0.25) is 0 Å². The first-order valence-corrected chi connectivity index (χ1v) is 7.10. The van der Waals surface area contributed by atoms with Crippen molar-refractivity contribution in [1.82, 2.24) is 9.80 Å².